The second-order valence-corrected chi connectivity index (χ2v) is 7.19. The van der Waals surface area contributed by atoms with Crippen LogP contribution in [0.15, 0.2) is 0 Å². The Morgan fingerprint density at radius 2 is 2.12 bits per heavy atom. The summed E-state index contributed by atoms with van der Waals surface area (Å²) in [6, 6.07) is 0. The van der Waals surface area contributed by atoms with Gasteiger partial charge in [0.1, 0.15) is 9.84 Å². The van der Waals surface area contributed by atoms with Crippen molar-refractivity contribution in [3.63, 3.8) is 0 Å². The molecule has 1 fully saturated rings. The topological polar surface area (TPSA) is 63.6 Å². The molecule has 5 heteroatoms. The first-order valence-corrected chi connectivity index (χ1v) is 8.32. The minimum Gasteiger partial charge on any atom is -0.393 e. The predicted octanol–water partition coefficient (Wildman–Crippen LogP) is 1.38. The van der Waals surface area contributed by atoms with E-state index in [0.29, 0.717) is 19.4 Å². The molecule has 17 heavy (non-hydrogen) atoms. The van der Waals surface area contributed by atoms with E-state index < -0.39 is 15.9 Å². The van der Waals surface area contributed by atoms with Crippen LogP contribution in [-0.2, 0) is 14.6 Å². The fraction of sp³-hybridized carbons (Fsp3) is 1.00. The van der Waals surface area contributed by atoms with E-state index in [1.54, 1.807) is 6.92 Å². The van der Waals surface area contributed by atoms with Gasteiger partial charge in [-0.15, -0.1) is 0 Å². The van der Waals surface area contributed by atoms with Crippen LogP contribution >= 0.6 is 0 Å². The Bertz CT molecular complexity index is 312. The van der Waals surface area contributed by atoms with Gasteiger partial charge in [0, 0.05) is 18.3 Å². The highest BCUT2D eigenvalue weighted by atomic mass is 32.2. The molecule has 0 saturated carbocycles. The fourth-order valence-corrected chi connectivity index (χ4v) is 3.29. The second kappa shape index (κ2) is 6.71. The Hall–Kier alpha value is -0.130. The molecule has 0 aromatic carbocycles. The van der Waals surface area contributed by atoms with E-state index in [1.807, 2.05) is 0 Å². The zero-order chi connectivity index (χ0) is 12.9. The molecule has 102 valence electrons. The van der Waals surface area contributed by atoms with E-state index in [0.717, 1.165) is 12.8 Å². The number of aliphatic hydroxyl groups excluding tert-OH is 1. The van der Waals surface area contributed by atoms with Gasteiger partial charge in [0.25, 0.3) is 0 Å². The summed E-state index contributed by atoms with van der Waals surface area (Å²) in [4.78, 5) is 0. The summed E-state index contributed by atoms with van der Waals surface area (Å²) in [7, 11) is -2.90. The molecule has 3 atom stereocenters. The van der Waals surface area contributed by atoms with E-state index in [2.05, 4.69) is 6.92 Å². The average Bonchev–Trinajstić information content (AvgIpc) is 2.76. The van der Waals surface area contributed by atoms with E-state index >= 15 is 0 Å². The van der Waals surface area contributed by atoms with Gasteiger partial charge in [0.15, 0.2) is 0 Å². The van der Waals surface area contributed by atoms with Gasteiger partial charge in [-0.3, -0.25) is 0 Å². The minimum absolute atomic E-state index is 0.146. The minimum atomic E-state index is -2.90. The van der Waals surface area contributed by atoms with Crippen LogP contribution in [-0.4, -0.2) is 43.8 Å². The Morgan fingerprint density at radius 3 is 2.71 bits per heavy atom. The molecule has 3 unspecified atom stereocenters. The highest BCUT2D eigenvalue weighted by molar-refractivity contribution is 7.91. The van der Waals surface area contributed by atoms with Crippen LogP contribution in [0.5, 0.6) is 0 Å². The summed E-state index contributed by atoms with van der Waals surface area (Å²) in [5.41, 5.74) is 0. The number of aliphatic hydroxyl groups is 1. The summed E-state index contributed by atoms with van der Waals surface area (Å²) < 4.78 is 28.2. The lowest BCUT2D eigenvalue weighted by Crippen LogP contribution is -2.28. The molecule has 1 heterocycles. The standard InChI is InChI=1S/C12H24O4S/c1-3-12-10(7-8-16-12)11(13)6-5-9-17(14,15)4-2/h10-13H,3-9H2,1-2H3. The molecule has 0 aliphatic carbocycles. The van der Waals surface area contributed by atoms with Gasteiger partial charge in [-0.2, -0.15) is 0 Å². The van der Waals surface area contributed by atoms with Gasteiger partial charge in [0.2, 0.25) is 0 Å². The van der Waals surface area contributed by atoms with Gasteiger partial charge >= 0.3 is 0 Å². The Balaban J connectivity index is 2.32. The molecule has 0 amide bonds. The van der Waals surface area contributed by atoms with Crippen molar-refractivity contribution in [1.82, 2.24) is 0 Å². The van der Waals surface area contributed by atoms with Gasteiger partial charge < -0.3 is 9.84 Å². The first kappa shape index (κ1) is 14.9. The van der Waals surface area contributed by atoms with Crippen molar-refractivity contribution in [3.8, 4) is 0 Å². The maximum absolute atomic E-state index is 11.3. The monoisotopic (exact) mass is 264 g/mol. The highest BCUT2D eigenvalue weighted by Crippen LogP contribution is 2.28. The average molecular weight is 264 g/mol. The Labute approximate surface area is 104 Å². The SMILES string of the molecule is CCC1OCCC1C(O)CCCS(=O)(=O)CC. The molecule has 0 aromatic heterocycles. The molecule has 4 nitrogen and oxygen atoms in total. The molecule has 0 spiro atoms. The quantitative estimate of drug-likeness (QED) is 0.754. The third kappa shape index (κ3) is 4.56. The van der Waals surface area contributed by atoms with Crippen molar-refractivity contribution < 1.29 is 18.3 Å². The van der Waals surface area contributed by atoms with E-state index in [4.69, 9.17) is 4.74 Å². The maximum Gasteiger partial charge on any atom is 0.150 e. The molecule has 0 radical (unpaired) electrons. The van der Waals surface area contributed by atoms with Crippen molar-refractivity contribution in [2.75, 3.05) is 18.1 Å². The Kier molecular flexibility index (Phi) is 5.89. The summed E-state index contributed by atoms with van der Waals surface area (Å²) in [6.45, 7) is 4.43. The van der Waals surface area contributed by atoms with Crippen LogP contribution in [0, 0.1) is 5.92 Å². The first-order valence-electron chi connectivity index (χ1n) is 6.50. The maximum atomic E-state index is 11.3. The summed E-state index contributed by atoms with van der Waals surface area (Å²) >= 11 is 0. The molecule has 0 aromatic rings. The molecule has 1 saturated heterocycles. The number of hydrogen-bond acceptors (Lipinski definition) is 4. The van der Waals surface area contributed by atoms with Gasteiger partial charge in [-0.25, -0.2) is 8.42 Å². The lowest BCUT2D eigenvalue weighted by molar-refractivity contribution is 0.0277. The number of ether oxygens (including phenoxy) is 1. The van der Waals surface area contributed by atoms with Crippen molar-refractivity contribution in [1.29, 1.82) is 0 Å². The third-order valence-electron chi connectivity index (χ3n) is 3.55. The van der Waals surface area contributed by atoms with Crippen LogP contribution in [0.4, 0.5) is 0 Å². The zero-order valence-corrected chi connectivity index (χ0v) is 11.6. The predicted molar refractivity (Wildman–Crippen MR) is 67.7 cm³/mol. The summed E-state index contributed by atoms with van der Waals surface area (Å²) in [5.74, 6) is 0.558. The normalized spacial score (nSPS) is 27.2. The van der Waals surface area contributed by atoms with Crippen LogP contribution in [0.25, 0.3) is 0 Å². The molecular formula is C12H24O4S. The van der Waals surface area contributed by atoms with E-state index in [-0.39, 0.29) is 23.5 Å². The second-order valence-electron chi connectivity index (χ2n) is 4.72. The molecule has 1 N–H and O–H groups in total. The van der Waals surface area contributed by atoms with Gasteiger partial charge in [-0.1, -0.05) is 13.8 Å². The number of rotatable bonds is 7. The van der Waals surface area contributed by atoms with E-state index in [1.165, 1.54) is 0 Å². The molecular weight excluding hydrogens is 240 g/mol. The summed E-state index contributed by atoms with van der Waals surface area (Å²) in [5, 5.41) is 10.0. The highest BCUT2D eigenvalue weighted by Gasteiger charge is 2.32. The lowest BCUT2D eigenvalue weighted by atomic mass is 9.91. The van der Waals surface area contributed by atoms with Crippen LogP contribution in [0.2, 0.25) is 0 Å². The molecule has 1 aliphatic heterocycles. The largest absolute Gasteiger partial charge is 0.393 e. The Morgan fingerprint density at radius 1 is 1.41 bits per heavy atom. The fourth-order valence-electron chi connectivity index (χ4n) is 2.40. The van der Waals surface area contributed by atoms with Crippen LogP contribution in [0.3, 0.4) is 0 Å². The first-order chi connectivity index (χ1) is 8.00. The smallest absolute Gasteiger partial charge is 0.150 e. The van der Waals surface area contributed by atoms with Gasteiger partial charge in [0.05, 0.1) is 18.0 Å². The molecule has 1 aliphatic rings. The molecule has 0 bridgehead atoms. The number of hydrogen-bond donors (Lipinski definition) is 1. The van der Waals surface area contributed by atoms with Crippen LogP contribution in [0.1, 0.15) is 39.5 Å². The number of sulfone groups is 1. The summed E-state index contributed by atoms with van der Waals surface area (Å²) in [6.07, 6.45) is 2.63. The van der Waals surface area contributed by atoms with Crippen molar-refractivity contribution in [2.24, 2.45) is 5.92 Å². The van der Waals surface area contributed by atoms with Crippen molar-refractivity contribution in [3.05, 3.63) is 0 Å². The van der Waals surface area contributed by atoms with Crippen molar-refractivity contribution >= 4 is 9.84 Å². The van der Waals surface area contributed by atoms with E-state index in [9.17, 15) is 13.5 Å². The van der Waals surface area contributed by atoms with Gasteiger partial charge in [-0.05, 0) is 25.7 Å². The van der Waals surface area contributed by atoms with Crippen LogP contribution < -0.4 is 0 Å². The molecule has 1 rings (SSSR count). The van der Waals surface area contributed by atoms with Crippen molar-refractivity contribution in [2.45, 2.75) is 51.7 Å². The third-order valence-corrected chi connectivity index (χ3v) is 5.34. The zero-order valence-electron chi connectivity index (χ0n) is 10.8. The lowest BCUT2D eigenvalue weighted by Gasteiger charge is -2.22.